The van der Waals surface area contributed by atoms with Gasteiger partial charge in [0.15, 0.2) is 0 Å². The van der Waals surface area contributed by atoms with E-state index in [9.17, 15) is 9.59 Å². The number of carbonyl (C=O) groups excluding carboxylic acids is 2. The van der Waals surface area contributed by atoms with Crippen LogP contribution in [0.4, 0.5) is 0 Å². The highest BCUT2D eigenvalue weighted by Gasteiger charge is 2.52. The lowest BCUT2D eigenvalue weighted by Crippen LogP contribution is -2.64. The lowest BCUT2D eigenvalue weighted by molar-refractivity contribution is -0.165. The quantitative estimate of drug-likeness (QED) is 0.632. The Hall–Kier alpha value is -1.52. The molecule has 0 aromatic heterocycles. The Morgan fingerprint density at radius 2 is 1.88 bits per heavy atom. The van der Waals surface area contributed by atoms with Gasteiger partial charge in [0, 0.05) is 11.6 Å². The summed E-state index contributed by atoms with van der Waals surface area (Å²) in [6, 6.07) is 4.46. The average molecular weight is 381 g/mol. The minimum atomic E-state index is -0.700. The van der Waals surface area contributed by atoms with Gasteiger partial charge in [-0.25, -0.2) is 0 Å². The molecule has 1 aromatic rings. The van der Waals surface area contributed by atoms with Crippen molar-refractivity contribution in [3.8, 4) is 0 Å². The molecule has 3 rings (SSSR count). The summed E-state index contributed by atoms with van der Waals surface area (Å²) >= 11 is 12.2. The lowest BCUT2D eigenvalue weighted by Gasteiger charge is -2.51. The van der Waals surface area contributed by atoms with Gasteiger partial charge in [-0.2, -0.15) is 0 Å². The summed E-state index contributed by atoms with van der Waals surface area (Å²) in [5.41, 5.74) is 0.281. The van der Waals surface area contributed by atoms with Crippen LogP contribution in [0.15, 0.2) is 30.4 Å². The highest BCUT2D eigenvalue weighted by molar-refractivity contribution is 6.42. The largest absolute Gasteiger partial charge is 0.349 e. The number of halogens is 2. The molecule has 1 heterocycles. The molecule has 1 unspecified atom stereocenters. The highest BCUT2D eigenvalue weighted by Crippen LogP contribution is 2.42. The Kier molecular flexibility index (Phi) is 4.86. The van der Waals surface area contributed by atoms with Crippen LogP contribution in [0.1, 0.15) is 45.2 Å². The molecule has 6 heteroatoms. The van der Waals surface area contributed by atoms with Crippen molar-refractivity contribution in [2.75, 3.05) is 0 Å². The fraction of sp³-hybridized carbons (Fsp3) is 0.474. The van der Waals surface area contributed by atoms with Crippen LogP contribution in [0.3, 0.4) is 0 Å². The third-order valence-electron chi connectivity index (χ3n) is 4.61. The average Bonchev–Trinajstić information content (AvgIpc) is 2.53. The van der Waals surface area contributed by atoms with E-state index in [0.29, 0.717) is 15.6 Å². The zero-order valence-corrected chi connectivity index (χ0v) is 16.1. The van der Waals surface area contributed by atoms with Gasteiger partial charge in [-0.05, 0) is 51.3 Å². The second-order valence-corrected chi connectivity index (χ2v) is 8.49. The maximum absolute atomic E-state index is 13.0. The standard InChI is InChI=1S/C19H22Cl2N2O2/c1-19(2,3)22-17(24)16(11-8-9-13(20)14(21)10-11)23-15-7-5-4-6-12(15)18(23)25/h4-5,8-10,12,15-16H,6-7H2,1-3H3,(H,22,24)/t12-,15+,16?/m1/s1. The Bertz CT molecular complexity index is 739. The van der Waals surface area contributed by atoms with Gasteiger partial charge in [0.25, 0.3) is 0 Å². The van der Waals surface area contributed by atoms with Crippen LogP contribution < -0.4 is 5.32 Å². The molecule has 1 saturated heterocycles. The molecule has 1 fully saturated rings. The molecule has 0 radical (unpaired) electrons. The number of hydrogen-bond donors (Lipinski definition) is 1. The van der Waals surface area contributed by atoms with E-state index in [1.165, 1.54) is 0 Å². The first-order valence-electron chi connectivity index (χ1n) is 8.43. The van der Waals surface area contributed by atoms with E-state index in [1.54, 1.807) is 23.1 Å². The number of benzene rings is 1. The number of hydrogen-bond acceptors (Lipinski definition) is 2. The molecule has 0 spiro atoms. The molecular formula is C19H22Cl2N2O2. The predicted molar refractivity (Wildman–Crippen MR) is 99.6 cm³/mol. The summed E-state index contributed by atoms with van der Waals surface area (Å²) in [7, 11) is 0. The molecule has 0 saturated carbocycles. The van der Waals surface area contributed by atoms with Crippen LogP contribution in [-0.4, -0.2) is 28.3 Å². The number of fused-ring (bicyclic) bond motifs is 1. The number of likely N-dealkylation sites (tertiary alicyclic amines) is 1. The molecule has 2 aliphatic rings. The molecule has 1 N–H and O–H groups in total. The number of nitrogens with zero attached hydrogens (tertiary/aromatic N) is 1. The van der Waals surface area contributed by atoms with Gasteiger partial charge in [-0.3, -0.25) is 9.59 Å². The molecule has 0 bridgehead atoms. The van der Waals surface area contributed by atoms with Gasteiger partial charge in [-0.15, -0.1) is 0 Å². The summed E-state index contributed by atoms with van der Waals surface area (Å²) in [6.07, 6.45) is 5.64. The van der Waals surface area contributed by atoms with Crippen molar-refractivity contribution >= 4 is 35.0 Å². The predicted octanol–water partition coefficient (Wildman–Crippen LogP) is 4.13. The van der Waals surface area contributed by atoms with Gasteiger partial charge < -0.3 is 10.2 Å². The van der Waals surface area contributed by atoms with Crippen LogP contribution in [-0.2, 0) is 9.59 Å². The maximum Gasteiger partial charge on any atom is 0.247 e. The van der Waals surface area contributed by atoms with Gasteiger partial charge in [0.2, 0.25) is 11.8 Å². The van der Waals surface area contributed by atoms with Crippen molar-refractivity contribution < 1.29 is 9.59 Å². The van der Waals surface area contributed by atoms with E-state index in [1.807, 2.05) is 26.8 Å². The topological polar surface area (TPSA) is 49.4 Å². The van der Waals surface area contributed by atoms with Crippen molar-refractivity contribution in [1.82, 2.24) is 10.2 Å². The number of nitrogens with one attached hydrogen (secondary N) is 1. The van der Waals surface area contributed by atoms with Crippen LogP contribution >= 0.6 is 23.2 Å². The highest BCUT2D eigenvalue weighted by atomic mass is 35.5. The fourth-order valence-electron chi connectivity index (χ4n) is 3.52. The maximum atomic E-state index is 13.0. The van der Waals surface area contributed by atoms with Gasteiger partial charge in [0.05, 0.1) is 16.0 Å². The van der Waals surface area contributed by atoms with E-state index in [0.717, 1.165) is 12.8 Å². The number of β-lactam (4-membered cyclic amide) rings is 1. The Morgan fingerprint density at radius 1 is 1.20 bits per heavy atom. The van der Waals surface area contributed by atoms with Crippen molar-refractivity contribution in [2.45, 2.75) is 51.2 Å². The SMILES string of the molecule is CC(C)(C)NC(=O)C(c1ccc(Cl)c(Cl)c1)N1C(=O)[C@@H]2CC=CC[C@@H]21. The molecule has 134 valence electrons. The molecule has 2 amide bonds. The third-order valence-corrected chi connectivity index (χ3v) is 5.35. The first-order chi connectivity index (χ1) is 11.7. The van der Waals surface area contributed by atoms with E-state index in [4.69, 9.17) is 23.2 Å². The smallest absolute Gasteiger partial charge is 0.247 e. The summed E-state index contributed by atoms with van der Waals surface area (Å²) in [6.45, 7) is 5.75. The summed E-state index contributed by atoms with van der Waals surface area (Å²) in [5, 5.41) is 3.79. The Balaban J connectivity index is 1.97. The van der Waals surface area contributed by atoms with Gasteiger partial charge in [0.1, 0.15) is 6.04 Å². The zero-order chi connectivity index (χ0) is 18.4. The monoisotopic (exact) mass is 380 g/mol. The molecule has 1 aliphatic carbocycles. The number of rotatable bonds is 3. The molecule has 4 nitrogen and oxygen atoms in total. The van der Waals surface area contributed by atoms with Crippen LogP contribution in [0, 0.1) is 5.92 Å². The van der Waals surface area contributed by atoms with Crippen molar-refractivity contribution in [3.63, 3.8) is 0 Å². The summed E-state index contributed by atoms with van der Waals surface area (Å²) < 4.78 is 0. The lowest BCUT2D eigenvalue weighted by atomic mass is 9.77. The van der Waals surface area contributed by atoms with E-state index in [-0.39, 0.29) is 23.8 Å². The van der Waals surface area contributed by atoms with E-state index < -0.39 is 11.6 Å². The minimum Gasteiger partial charge on any atom is -0.349 e. The Morgan fingerprint density at radius 3 is 2.52 bits per heavy atom. The molecule has 3 atom stereocenters. The second-order valence-electron chi connectivity index (χ2n) is 7.68. The summed E-state index contributed by atoms with van der Waals surface area (Å²) in [5.74, 6) is -0.195. The molecular weight excluding hydrogens is 359 g/mol. The Labute approximate surface area is 158 Å². The number of carbonyl (C=O) groups is 2. The van der Waals surface area contributed by atoms with Crippen LogP contribution in [0.5, 0.6) is 0 Å². The van der Waals surface area contributed by atoms with Gasteiger partial charge >= 0.3 is 0 Å². The second kappa shape index (κ2) is 6.65. The van der Waals surface area contributed by atoms with Crippen molar-refractivity contribution in [1.29, 1.82) is 0 Å². The number of amides is 2. The van der Waals surface area contributed by atoms with Crippen molar-refractivity contribution in [3.05, 3.63) is 46.0 Å². The molecule has 25 heavy (non-hydrogen) atoms. The first kappa shape index (κ1) is 18.3. The summed E-state index contributed by atoms with van der Waals surface area (Å²) in [4.78, 5) is 27.4. The molecule has 1 aromatic carbocycles. The number of allylic oxidation sites excluding steroid dienone is 1. The fourth-order valence-corrected chi connectivity index (χ4v) is 3.83. The first-order valence-corrected chi connectivity index (χ1v) is 9.19. The normalized spacial score (nSPS) is 23.7. The minimum absolute atomic E-state index is 0.0160. The van der Waals surface area contributed by atoms with E-state index >= 15 is 0 Å². The third kappa shape index (κ3) is 3.56. The van der Waals surface area contributed by atoms with Crippen LogP contribution in [0.2, 0.25) is 10.0 Å². The van der Waals surface area contributed by atoms with Gasteiger partial charge in [-0.1, -0.05) is 41.4 Å². The molecule has 1 aliphatic heterocycles. The zero-order valence-electron chi connectivity index (χ0n) is 14.6. The van der Waals surface area contributed by atoms with E-state index in [2.05, 4.69) is 11.4 Å². The van der Waals surface area contributed by atoms with Crippen LogP contribution in [0.25, 0.3) is 0 Å². The van der Waals surface area contributed by atoms with Crippen molar-refractivity contribution in [2.24, 2.45) is 5.92 Å².